The van der Waals surface area contributed by atoms with Crippen molar-refractivity contribution in [3.8, 4) is 11.5 Å². The highest BCUT2D eigenvalue weighted by atomic mass is 16.5. The van der Waals surface area contributed by atoms with Crippen LogP contribution in [-0.4, -0.2) is 44.7 Å². The minimum absolute atomic E-state index is 0.0474. The van der Waals surface area contributed by atoms with Crippen molar-refractivity contribution in [2.45, 2.75) is 44.2 Å². The number of rotatable bonds is 5. The number of anilines is 1. The van der Waals surface area contributed by atoms with Crippen LogP contribution in [0.3, 0.4) is 0 Å². The van der Waals surface area contributed by atoms with E-state index in [4.69, 9.17) is 15.2 Å². The van der Waals surface area contributed by atoms with Crippen LogP contribution in [0.1, 0.15) is 32.1 Å². The molecule has 26 heavy (non-hydrogen) atoms. The third kappa shape index (κ3) is 3.93. The molecule has 1 heterocycles. The highest BCUT2D eigenvalue weighted by Gasteiger charge is 2.37. The molecular weight excluding hydrogens is 334 g/mol. The summed E-state index contributed by atoms with van der Waals surface area (Å²) in [6.45, 7) is 0.361. The lowest BCUT2D eigenvalue weighted by Crippen LogP contribution is -2.43. The molecule has 1 unspecified atom stereocenters. The van der Waals surface area contributed by atoms with Gasteiger partial charge >= 0.3 is 0 Å². The Morgan fingerprint density at radius 1 is 1.19 bits per heavy atom. The summed E-state index contributed by atoms with van der Waals surface area (Å²) >= 11 is 0. The van der Waals surface area contributed by atoms with E-state index in [0.717, 1.165) is 25.7 Å². The highest BCUT2D eigenvalue weighted by Crippen LogP contribution is 2.35. The van der Waals surface area contributed by atoms with Gasteiger partial charge in [0, 0.05) is 31.1 Å². The van der Waals surface area contributed by atoms with E-state index in [1.165, 1.54) is 0 Å². The first-order valence-electron chi connectivity index (χ1n) is 9.10. The van der Waals surface area contributed by atoms with Crippen LogP contribution in [0.25, 0.3) is 0 Å². The third-order valence-electron chi connectivity index (χ3n) is 5.29. The molecule has 0 aromatic heterocycles. The normalized spacial score (nSPS) is 25.9. The molecule has 0 spiro atoms. The predicted octanol–water partition coefficient (Wildman–Crippen LogP) is 1.44. The lowest BCUT2D eigenvalue weighted by molar-refractivity contribution is -0.127. The van der Waals surface area contributed by atoms with Crippen molar-refractivity contribution in [3.63, 3.8) is 0 Å². The third-order valence-corrected chi connectivity index (χ3v) is 5.29. The summed E-state index contributed by atoms with van der Waals surface area (Å²) in [6.07, 6.45) is 3.90. The van der Waals surface area contributed by atoms with Crippen molar-refractivity contribution in [1.82, 2.24) is 5.32 Å². The maximum atomic E-state index is 12.6. The zero-order chi connectivity index (χ0) is 18.7. The van der Waals surface area contributed by atoms with E-state index in [-0.39, 0.29) is 36.2 Å². The van der Waals surface area contributed by atoms with Crippen molar-refractivity contribution >= 4 is 17.5 Å². The van der Waals surface area contributed by atoms with Crippen molar-refractivity contribution in [2.75, 3.05) is 25.7 Å². The Hall–Kier alpha value is -2.28. The Bertz CT molecular complexity index is 671. The van der Waals surface area contributed by atoms with E-state index in [1.54, 1.807) is 37.3 Å². The van der Waals surface area contributed by atoms with E-state index in [9.17, 15) is 9.59 Å². The van der Waals surface area contributed by atoms with Crippen LogP contribution >= 0.6 is 0 Å². The molecule has 7 nitrogen and oxygen atoms in total. The number of hydrogen-bond donors (Lipinski definition) is 2. The molecular formula is C19H27N3O4. The molecule has 3 rings (SSSR count). The number of ether oxygens (including phenoxy) is 2. The molecule has 2 amide bonds. The van der Waals surface area contributed by atoms with Gasteiger partial charge in [-0.25, -0.2) is 0 Å². The Kier molecular flexibility index (Phi) is 5.66. The second-order valence-electron chi connectivity index (χ2n) is 7.06. The van der Waals surface area contributed by atoms with Crippen LogP contribution in [-0.2, 0) is 9.59 Å². The molecule has 2 aliphatic rings. The molecule has 142 valence electrons. The standard InChI is InChI=1S/C19H27N3O4/c1-25-15-7-8-16(17(10-15)26-2)22-11-12(9-18(22)23)19(24)21-14-5-3-13(20)4-6-14/h7-8,10,12-14H,3-6,9,11,20H2,1-2H3,(H,21,24). The average Bonchev–Trinajstić information content (AvgIpc) is 3.04. The highest BCUT2D eigenvalue weighted by molar-refractivity contribution is 6.01. The number of carbonyl (C=O) groups is 2. The Balaban J connectivity index is 1.66. The lowest BCUT2D eigenvalue weighted by Gasteiger charge is -2.27. The Labute approximate surface area is 153 Å². The Morgan fingerprint density at radius 3 is 2.58 bits per heavy atom. The van der Waals surface area contributed by atoms with Crippen molar-refractivity contribution in [3.05, 3.63) is 18.2 Å². The van der Waals surface area contributed by atoms with Gasteiger partial charge in [-0.2, -0.15) is 0 Å². The maximum absolute atomic E-state index is 12.6. The van der Waals surface area contributed by atoms with Crippen molar-refractivity contribution in [1.29, 1.82) is 0 Å². The molecule has 2 fully saturated rings. The number of nitrogens with two attached hydrogens (primary N) is 1. The molecule has 1 aliphatic heterocycles. The number of methoxy groups -OCH3 is 2. The van der Waals surface area contributed by atoms with Crippen LogP contribution in [0.2, 0.25) is 0 Å². The second-order valence-corrected chi connectivity index (χ2v) is 7.06. The molecule has 1 aliphatic carbocycles. The summed E-state index contributed by atoms with van der Waals surface area (Å²) < 4.78 is 10.6. The molecule has 1 aromatic rings. The molecule has 7 heteroatoms. The zero-order valence-corrected chi connectivity index (χ0v) is 15.4. The van der Waals surface area contributed by atoms with Gasteiger partial charge in [0.1, 0.15) is 11.5 Å². The molecule has 1 saturated heterocycles. The molecule has 1 aromatic carbocycles. The molecule has 0 radical (unpaired) electrons. The summed E-state index contributed by atoms with van der Waals surface area (Å²) in [7, 11) is 3.13. The van der Waals surface area contributed by atoms with Gasteiger partial charge in [0.05, 0.1) is 25.8 Å². The van der Waals surface area contributed by atoms with Gasteiger partial charge in [0.2, 0.25) is 11.8 Å². The van der Waals surface area contributed by atoms with E-state index < -0.39 is 0 Å². The SMILES string of the molecule is COc1ccc(N2CC(C(=O)NC3CCC(N)CC3)CC2=O)c(OC)c1. The quantitative estimate of drug-likeness (QED) is 0.828. The van der Waals surface area contributed by atoms with Crippen LogP contribution in [0, 0.1) is 5.92 Å². The van der Waals surface area contributed by atoms with E-state index in [2.05, 4.69) is 5.32 Å². The van der Waals surface area contributed by atoms with E-state index in [1.807, 2.05) is 0 Å². The first-order chi connectivity index (χ1) is 12.5. The second kappa shape index (κ2) is 7.95. The van der Waals surface area contributed by atoms with E-state index >= 15 is 0 Å². The van der Waals surface area contributed by atoms with Crippen LogP contribution in [0.4, 0.5) is 5.69 Å². The zero-order valence-electron chi connectivity index (χ0n) is 15.4. The number of carbonyl (C=O) groups excluding carboxylic acids is 2. The fourth-order valence-corrected chi connectivity index (χ4v) is 3.71. The smallest absolute Gasteiger partial charge is 0.227 e. The molecule has 1 atom stereocenters. The fourth-order valence-electron chi connectivity index (χ4n) is 3.71. The molecule has 1 saturated carbocycles. The van der Waals surface area contributed by atoms with Crippen LogP contribution < -0.4 is 25.4 Å². The predicted molar refractivity (Wildman–Crippen MR) is 98.4 cm³/mol. The van der Waals surface area contributed by atoms with E-state index in [0.29, 0.717) is 23.7 Å². The summed E-state index contributed by atoms with van der Waals surface area (Å²) in [5.41, 5.74) is 6.58. The number of benzene rings is 1. The van der Waals surface area contributed by atoms with Crippen LogP contribution in [0.5, 0.6) is 11.5 Å². The van der Waals surface area contributed by atoms with Gasteiger partial charge in [0.15, 0.2) is 0 Å². The first-order valence-corrected chi connectivity index (χ1v) is 9.10. The van der Waals surface area contributed by atoms with Gasteiger partial charge in [-0.3, -0.25) is 9.59 Å². The average molecular weight is 361 g/mol. The summed E-state index contributed by atoms with van der Waals surface area (Å²) in [5, 5.41) is 3.10. The molecule has 3 N–H and O–H groups in total. The summed E-state index contributed by atoms with van der Waals surface area (Å²) in [4.78, 5) is 26.7. The largest absolute Gasteiger partial charge is 0.497 e. The Morgan fingerprint density at radius 2 is 1.92 bits per heavy atom. The van der Waals surface area contributed by atoms with Crippen molar-refractivity contribution in [2.24, 2.45) is 11.7 Å². The maximum Gasteiger partial charge on any atom is 0.227 e. The topological polar surface area (TPSA) is 93.9 Å². The minimum atomic E-state index is -0.343. The van der Waals surface area contributed by atoms with Gasteiger partial charge in [-0.1, -0.05) is 0 Å². The number of hydrogen-bond acceptors (Lipinski definition) is 5. The van der Waals surface area contributed by atoms with Gasteiger partial charge in [-0.15, -0.1) is 0 Å². The minimum Gasteiger partial charge on any atom is -0.497 e. The van der Waals surface area contributed by atoms with Gasteiger partial charge in [0.25, 0.3) is 0 Å². The first kappa shape index (κ1) is 18.5. The van der Waals surface area contributed by atoms with Gasteiger partial charge in [-0.05, 0) is 37.8 Å². The monoisotopic (exact) mass is 361 g/mol. The van der Waals surface area contributed by atoms with Gasteiger partial charge < -0.3 is 25.4 Å². The molecule has 0 bridgehead atoms. The number of nitrogens with zero attached hydrogens (tertiary/aromatic N) is 1. The van der Waals surface area contributed by atoms with Crippen LogP contribution in [0.15, 0.2) is 18.2 Å². The van der Waals surface area contributed by atoms with Crippen molar-refractivity contribution < 1.29 is 19.1 Å². The summed E-state index contributed by atoms with van der Waals surface area (Å²) in [6, 6.07) is 5.72. The number of nitrogens with one attached hydrogen (secondary N) is 1. The fraction of sp³-hybridized carbons (Fsp3) is 0.579. The summed E-state index contributed by atoms with van der Waals surface area (Å²) in [5.74, 6) is 0.750. The lowest BCUT2D eigenvalue weighted by atomic mass is 9.91. The number of amides is 2.